The third kappa shape index (κ3) is 5.29. The van der Waals surface area contributed by atoms with E-state index in [2.05, 4.69) is 21.3 Å². The Morgan fingerprint density at radius 1 is 1.28 bits per heavy atom. The van der Waals surface area contributed by atoms with Crippen molar-refractivity contribution in [2.75, 3.05) is 13.7 Å². The summed E-state index contributed by atoms with van der Waals surface area (Å²) in [5.74, 6) is 5.71. The molecule has 98 valence electrons. The molecule has 1 aromatic rings. The van der Waals surface area contributed by atoms with Crippen LogP contribution in [0.25, 0.3) is 0 Å². The maximum Gasteiger partial charge on any atom is 0.276 e. The summed E-state index contributed by atoms with van der Waals surface area (Å²) in [6, 6.07) is 7.24. The zero-order valence-electron chi connectivity index (χ0n) is 10.1. The van der Waals surface area contributed by atoms with Crippen LogP contribution < -0.4 is 9.44 Å². The Labute approximate surface area is 107 Å². The van der Waals surface area contributed by atoms with Gasteiger partial charge in [-0.15, -0.1) is 0 Å². The van der Waals surface area contributed by atoms with Crippen molar-refractivity contribution in [3.8, 4) is 11.8 Å². The van der Waals surface area contributed by atoms with Gasteiger partial charge in [0.25, 0.3) is 10.2 Å². The highest BCUT2D eigenvalue weighted by Gasteiger charge is 2.04. The smallest absolute Gasteiger partial charge is 0.276 e. The fourth-order valence-corrected chi connectivity index (χ4v) is 1.68. The van der Waals surface area contributed by atoms with Crippen LogP contribution in [0.1, 0.15) is 17.5 Å². The predicted molar refractivity (Wildman–Crippen MR) is 69.8 cm³/mol. The first kappa shape index (κ1) is 14.7. The Morgan fingerprint density at radius 2 is 1.94 bits per heavy atom. The molecule has 0 bridgehead atoms. The van der Waals surface area contributed by atoms with E-state index in [-0.39, 0.29) is 13.2 Å². The van der Waals surface area contributed by atoms with E-state index in [4.69, 9.17) is 5.11 Å². The average Bonchev–Trinajstić information content (AvgIpc) is 2.38. The second-order valence-electron chi connectivity index (χ2n) is 3.50. The van der Waals surface area contributed by atoms with Crippen molar-refractivity contribution in [2.24, 2.45) is 0 Å². The summed E-state index contributed by atoms with van der Waals surface area (Å²) in [5.41, 5.74) is 1.69. The van der Waals surface area contributed by atoms with Gasteiger partial charge in [0.05, 0.1) is 6.61 Å². The van der Waals surface area contributed by atoms with Crippen LogP contribution in [-0.2, 0) is 16.8 Å². The molecular weight excluding hydrogens is 252 g/mol. The predicted octanol–water partition coefficient (Wildman–Crippen LogP) is -0.0257. The van der Waals surface area contributed by atoms with Crippen LogP contribution in [0.5, 0.6) is 0 Å². The van der Waals surface area contributed by atoms with Gasteiger partial charge in [0, 0.05) is 25.6 Å². The lowest BCUT2D eigenvalue weighted by Gasteiger charge is -2.04. The molecule has 0 fully saturated rings. The Morgan fingerprint density at radius 3 is 2.50 bits per heavy atom. The van der Waals surface area contributed by atoms with Gasteiger partial charge in [-0.05, 0) is 17.7 Å². The standard InChI is InChI=1S/C12H16N2O3S/c1-13-18(16,17)14-10-12-7-5-11(6-8-12)4-2-3-9-15/h5-8,13-15H,3,9-10H2,1H3. The summed E-state index contributed by atoms with van der Waals surface area (Å²) in [4.78, 5) is 0. The molecule has 0 spiro atoms. The van der Waals surface area contributed by atoms with E-state index in [0.29, 0.717) is 6.42 Å². The lowest BCUT2D eigenvalue weighted by molar-refractivity contribution is 0.305. The SMILES string of the molecule is CNS(=O)(=O)NCc1ccc(C#CCCO)cc1. The Hall–Kier alpha value is -1.39. The summed E-state index contributed by atoms with van der Waals surface area (Å²) >= 11 is 0. The van der Waals surface area contributed by atoms with Crippen LogP contribution >= 0.6 is 0 Å². The van der Waals surface area contributed by atoms with Gasteiger partial charge in [-0.25, -0.2) is 4.72 Å². The van der Waals surface area contributed by atoms with Gasteiger partial charge in [-0.3, -0.25) is 0 Å². The van der Waals surface area contributed by atoms with Gasteiger partial charge in [0.1, 0.15) is 0 Å². The van der Waals surface area contributed by atoms with Crippen LogP contribution in [-0.4, -0.2) is 27.2 Å². The van der Waals surface area contributed by atoms with Crippen molar-refractivity contribution >= 4 is 10.2 Å². The molecule has 0 aliphatic heterocycles. The molecule has 0 amide bonds. The van der Waals surface area contributed by atoms with Crippen molar-refractivity contribution in [2.45, 2.75) is 13.0 Å². The van der Waals surface area contributed by atoms with Gasteiger partial charge in [-0.2, -0.15) is 13.1 Å². The van der Waals surface area contributed by atoms with Gasteiger partial charge in [0.2, 0.25) is 0 Å². The number of benzene rings is 1. The normalized spacial score (nSPS) is 10.8. The second-order valence-corrected chi connectivity index (χ2v) is 5.20. The monoisotopic (exact) mass is 268 g/mol. The first-order valence-electron chi connectivity index (χ1n) is 5.44. The lowest BCUT2D eigenvalue weighted by Crippen LogP contribution is -2.33. The van der Waals surface area contributed by atoms with Crippen LogP contribution in [0, 0.1) is 11.8 Å². The van der Waals surface area contributed by atoms with E-state index in [9.17, 15) is 8.42 Å². The van der Waals surface area contributed by atoms with Gasteiger partial charge < -0.3 is 5.11 Å². The number of hydrogen-bond donors (Lipinski definition) is 3. The fraction of sp³-hybridized carbons (Fsp3) is 0.333. The van der Waals surface area contributed by atoms with E-state index < -0.39 is 10.2 Å². The van der Waals surface area contributed by atoms with E-state index >= 15 is 0 Å². The minimum absolute atomic E-state index is 0.0525. The van der Waals surface area contributed by atoms with E-state index in [1.54, 1.807) is 12.1 Å². The van der Waals surface area contributed by atoms with Crippen LogP contribution in [0.4, 0.5) is 0 Å². The third-order valence-electron chi connectivity index (χ3n) is 2.16. The molecule has 0 saturated carbocycles. The molecule has 0 aliphatic carbocycles. The zero-order chi connectivity index (χ0) is 13.4. The Bertz CT molecular complexity index is 527. The quantitative estimate of drug-likeness (QED) is 0.656. The highest BCUT2D eigenvalue weighted by molar-refractivity contribution is 7.87. The van der Waals surface area contributed by atoms with Crippen molar-refractivity contribution in [1.29, 1.82) is 0 Å². The maximum atomic E-state index is 11.1. The molecule has 0 heterocycles. The Balaban J connectivity index is 2.59. The van der Waals surface area contributed by atoms with E-state index in [0.717, 1.165) is 11.1 Å². The largest absolute Gasteiger partial charge is 0.395 e. The molecule has 0 unspecified atom stereocenters. The number of rotatable bonds is 5. The minimum atomic E-state index is -3.40. The van der Waals surface area contributed by atoms with Gasteiger partial charge in [0.15, 0.2) is 0 Å². The molecule has 0 radical (unpaired) electrons. The van der Waals surface area contributed by atoms with E-state index in [1.807, 2.05) is 12.1 Å². The second kappa shape index (κ2) is 7.13. The Kier molecular flexibility index (Phi) is 5.82. The molecule has 0 atom stereocenters. The molecule has 3 N–H and O–H groups in total. The minimum Gasteiger partial charge on any atom is -0.395 e. The van der Waals surface area contributed by atoms with Crippen molar-refractivity contribution in [3.05, 3.63) is 35.4 Å². The molecule has 0 aliphatic rings. The molecule has 1 rings (SSSR count). The topological polar surface area (TPSA) is 78.4 Å². The highest BCUT2D eigenvalue weighted by Crippen LogP contribution is 2.03. The number of hydrogen-bond acceptors (Lipinski definition) is 3. The molecule has 1 aromatic carbocycles. The molecule has 18 heavy (non-hydrogen) atoms. The fourth-order valence-electron chi connectivity index (χ4n) is 1.18. The number of nitrogens with one attached hydrogen (secondary N) is 2. The first-order chi connectivity index (χ1) is 8.57. The van der Waals surface area contributed by atoms with Crippen molar-refractivity contribution in [1.82, 2.24) is 9.44 Å². The van der Waals surface area contributed by atoms with E-state index in [1.165, 1.54) is 7.05 Å². The summed E-state index contributed by atoms with van der Waals surface area (Å²) in [7, 11) is -2.05. The first-order valence-corrected chi connectivity index (χ1v) is 6.92. The molecule has 5 nitrogen and oxygen atoms in total. The summed E-state index contributed by atoms with van der Waals surface area (Å²) < 4.78 is 26.9. The number of aliphatic hydroxyl groups is 1. The van der Waals surface area contributed by atoms with Crippen molar-refractivity contribution < 1.29 is 13.5 Å². The maximum absolute atomic E-state index is 11.1. The molecular formula is C12H16N2O3S. The van der Waals surface area contributed by atoms with Crippen LogP contribution in [0.3, 0.4) is 0 Å². The summed E-state index contributed by atoms with van der Waals surface area (Å²) in [6.45, 7) is 0.282. The molecule has 6 heteroatoms. The van der Waals surface area contributed by atoms with Gasteiger partial charge >= 0.3 is 0 Å². The lowest BCUT2D eigenvalue weighted by atomic mass is 10.1. The highest BCUT2D eigenvalue weighted by atomic mass is 32.2. The van der Waals surface area contributed by atoms with Crippen LogP contribution in [0.15, 0.2) is 24.3 Å². The summed E-state index contributed by atoms with van der Waals surface area (Å²) in [5, 5.41) is 8.58. The van der Waals surface area contributed by atoms with Crippen LogP contribution in [0.2, 0.25) is 0 Å². The number of aliphatic hydroxyl groups excluding tert-OH is 1. The summed E-state index contributed by atoms with van der Waals surface area (Å²) in [6.07, 6.45) is 0.448. The van der Waals surface area contributed by atoms with Gasteiger partial charge in [-0.1, -0.05) is 24.0 Å². The molecule has 0 saturated heterocycles. The van der Waals surface area contributed by atoms with Crippen molar-refractivity contribution in [3.63, 3.8) is 0 Å². The third-order valence-corrected chi connectivity index (χ3v) is 3.22. The average molecular weight is 268 g/mol. The molecule has 0 aromatic heterocycles. The zero-order valence-corrected chi connectivity index (χ0v) is 10.9.